The van der Waals surface area contributed by atoms with Crippen molar-refractivity contribution < 1.29 is 9.53 Å². The highest BCUT2D eigenvalue weighted by atomic mass is 16.5. The predicted molar refractivity (Wildman–Crippen MR) is 63.4 cm³/mol. The standard InChI is InChI=1S/C11H15N3O2/c1-12-11(15)14(2)8-13-9-4-6-10(16-3)7-5-9/h4-8H,1-3H3,(H,12,15). The molecule has 0 atom stereocenters. The average Bonchev–Trinajstić information content (AvgIpc) is 2.35. The molecule has 1 aromatic rings. The molecular formula is C11H15N3O2. The van der Waals surface area contributed by atoms with Crippen LogP contribution in [0.4, 0.5) is 10.5 Å². The van der Waals surface area contributed by atoms with Crippen LogP contribution >= 0.6 is 0 Å². The van der Waals surface area contributed by atoms with Gasteiger partial charge in [-0.05, 0) is 24.3 Å². The molecule has 0 spiro atoms. The highest BCUT2D eigenvalue weighted by Crippen LogP contribution is 2.16. The lowest BCUT2D eigenvalue weighted by Crippen LogP contribution is -2.33. The lowest BCUT2D eigenvalue weighted by molar-refractivity contribution is 0.229. The molecule has 1 rings (SSSR count). The summed E-state index contributed by atoms with van der Waals surface area (Å²) in [6.45, 7) is 0. The largest absolute Gasteiger partial charge is 0.497 e. The third-order valence-electron chi connectivity index (χ3n) is 1.99. The van der Waals surface area contributed by atoms with Gasteiger partial charge in [0.15, 0.2) is 0 Å². The van der Waals surface area contributed by atoms with Crippen molar-refractivity contribution in [1.29, 1.82) is 0 Å². The molecule has 86 valence electrons. The molecule has 2 amide bonds. The van der Waals surface area contributed by atoms with Crippen LogP contribution < -0.4 is 10.1 Å². The Hall–Kier alpha value is -2.04. The molecule has 0 radical (unpaired) electrons. The molecule has 16 heavy (non-hydrogen) atoms. The molecule has 0 bridgehead atoms. The van der Waals surface area contributed by atoms with E-state index in [2.05, 4.69) is 10.3 Å². The first-order chi connectivity index (χ1) is 7.67. The van der Waals surface area contributed by atoms with Gasteiger partial charge in [-0.2, -0.15) is 0 Å². The number of nitrogens with zero attached hydrogens (tertiary/aromatic N) is 2. The lowest BCUT2D eigenvalue weighted by Gasteiger charge is -2.09. The van der Waals surface area contributed by atoms with Gasteiger partial charge in [0.2, 0.25) is 0 Å². The number of rotatable bonds is 3. The highest BCUT2D eigenvalue weighted by molar-refractivity contribution is 5.86. The van der Waals surface area contributed by atoms with E-state index in [0.29, 0.717) is 0 Å². The summed E-state index contributed by atoms with van der Waals surface area (Å²) in [5, 5.41) is 2.49. The van der Waals surface area contributed by atoms with Crippen LogP contribution in [0.2, 0.25) is 0 Å². The van der Waals surface area contributed by atoms with Gasteiger partial charge in [-0.15, -0.1) is 0 Å². The molecule has 0 fully saturated rings. The monoisotopic (exact) mass is 221 g/mol. The van der Waals surface area contributed by atoms with Crippen molar-refractivity contribution in [3.8, 4) is 5.75 Å². The number of benzene rings is 1. The van der Waals surface area contributed by atoms with Crippen molar-refractivity contribution in [2.24, 2.45) is 4.99 Å². The van der Waals surface area contributed by atoms with Crippen molar-refractivity contribution >= 4 is 18.1 Å². The number of nitrogens with one attached hydrogen (secondary N) is 1. The topological polar surface area (TPSA) is 53.9 Å². The van der Waals surface area contributed by atoms with Gasteiger partial charge >= 0.3 is 6.03 Å². The minimum Gasteiger partial charge on any atom is -0.497 e. The van der Waals surface area contributed by atoms with Gasteiger partial charge in [0.25, 0.3) is 0 Å². The van der Waals surface area contributed by atoms with Gasteiger partial charge in [0, 0.05) is 14.1 Å². The van der Waals surface area contributed by atoms with Gasteiger partial charge in [-0.3, -0.25) is 4.90 Å². The molecule has 1 aromatic carbocycles. The van der Waals surface area contributed by atoms with E-state index >= 15 is 0 Å². The maximum atomic E-state index is 11.1. The summed E-state index contributed by atoms with van der Waals surface area (Å²) in [5.41, 5.74) is 0.761. The van der Waals surface area contributed by atoms with E-state index < -0.39 is 0 Å². The van der Waals surface area contributed by atoms with Crippen LogP contribution in [0.1, 0.15) is 0 Å². The van der Waals surface area contributed by atoms with Gasteiger partial charge < -0.3 is 10.1 Å². The summed E-state index contributed by atoms with van der Waals surface area (Å²) in [5.74, 6) is 0.776. The Morgan fingerprint density at radius 3 is 2.56 bits per heavy atom. The number of hydrogen-bond acceptors (Lipinski definition) is 3. The summed E-state index contributed by atoms with van der Waals surface area (Å²) in [7, 11) is 4.81. The molecule has 0 aliphatic rings. The number of hydrogen-bond donors (Lipinski definition) is 1. The minimum atomic E-state index is -0.211. The molecule has 0 unspecified atom stereocenters. The Bertz CT molecular complexity index is 373. The van der Waals surface area contributed by atoms with E-state index in [1.165, 1.54) is 11.2 Å². The van der Waals surface area contributed by atoms with E-state index in [9.17, 15) is 4.79 Å². The Kier molecular flexibility index (Phi) is 4.32. The first-order valence-corrected chi connectivity index (χ1v) is 4.80. The summed E-state index contributed by atoms with van der Waals surface area (Å²) < 4.78 is 5.02. The summed E-state index contributed by atoms with van der Waals surface area (Å²) in [6, 6.07) is 7.04. The average molecular weight is 221 g/mol. The Morgan fingerprint density at radius 2 is 2.06 bits per heavy atom. The van der Waals surface area contributed by atoms with Crippen LogP contribution in [0.15, 0.2) is 29.3 Å². The third-order valence-corrected chi connectivity index (χ3v) is 1.99. The second kappa shape index (κ2) is 5.75. The van der Waals surface area contributed by atoms with Crippen LogP contribution in [0.5, 0.6) is 5.75 Å². The van der Waals surface area contributed by atoms with Crippen molar-refractivity contribution in [3.63, 3.8) is 0 Å². The molecule has 0 saturated carbocycles. The van der Waals surface area contributed by atoms with Crippen molar-refractivity contribution in [3.05, 3.63) is 24.3 Å². The molecule has 5 nitrogen and oxygen atoms in total. The molecule has 5 heteroatoms. The lowest BCUT2D eigenvalue weighted by atomic mass is 10.3. The number of urea groups is 1. The summed E-state index contributed by atoms with van der Waals surface area (Å²) >= 11 is 0. The molecule has 0 aromatic heterocycles. The number of aliphatic imine (C=N–C) groups is 1. The number of methoxy groups -OCH3 is 1. The molecular weight excluding hydrogens is 206 g/mol. The van der Waals surface area contributed by atoms with Crippen LogP contribution in [-0.4, -0.2) is 38.5 Å². The number of ether oxygens (including phenoxy) is 1. The van der Waals surface area contributed by atoms with Gasteiger partial charge in [0.05, 0.1) is 19.1 Å². The number of amides is 2. The van der Waals surface area contributed by atoms with E-state index in [0.717, 1.165) is 11.4 Å². The van der Waals surface area contributed by atoms with E-state index in [1.54, 1.807) is 21.2 Å². The Labute approximate surface area is 94.7 Å². The summed E-state index contributed by atoms with van der Waals surface area (Å²) in [4.78, 5) is 16.6. The minimum absolute atomic E-state index is 0.211. The third kappa shape index (κ3) is 3.27. The van der Waals surface area contributed by atoms with Crippen LogP contribution in [0, 0.1) is 0 Å². The number of carbonyl (C=O) groups is 1. The zero-order chi connectivity index (χ0) is 12.0. The van der Waals surface area contributed by atoms with Gasteiger partial charge in [-0.25, -0.2) is 9.79 Å². The maximum Gasteiger partial charge on any atom is 0.322 e. The fourth-order valence-electron chi connectivity index (χ4n) is 1.05. The second-order valence-corrected chi connectivity index (χ2v) is 3.11. The molecule has 0 heterocycles. The normalized spacial score (nSPS) is 10.2. The quantitative estimate of drug-likeness (QED) is 0.623. The smallest absolute Gasteiger partial charge is 0.322 e. The first kappa shape index (κ1) is 12.0. The summed E-state index contributed by atoms with van der Waals surface area (Å²) in [6.07, 6.45) is 1.46. The van der Waals surface area contributed by atoms with Gasteiger partial charge in [0.1, 0.15) is 5.75 Å². The highest BCUT2D eigenvalue weighted by Gasteiger charge is 2.00. The first-order valence-electron chi connectivity index (χ1n) is 4.80. The fourth-order valence-corrected chi connectivity index (χ4v) is 1.05. The maximum absolute atomic E-state index is 11.1. The fraction of sp³-hybridized carbons (Fsp3) is 0.273. The van der Waals surface area contributed by atoms with Gasteiger partial charge in [-0.1, -0.05) is 0 Å². The van der Waals surface area contributed by atoms with Crippen LogP contribution in [0.25, 0.3) is 0 Å². The van der Waals surface area contributed by atoms with Crippen molar-refractivity contribution in [2.45, 2.75) is 0 Å². The van der Waals surface area contributed by atoms with Crippen LogP contribution in [-0.2, 0) is 0 Å². The van der Waals surface area contributed by atoms with E-state index in [-0.39, 0.29) is 6.03 Å². The second-order valence-electron chi connectivity index (χ2n) is 3.11. The molecule has 0 aliphatic heterocycles. The van der Waals surface area contributed by atoms with E-state index in [4.69, 9.17) is 4.74 Å². The molecule has 0 aliphatic carbocycles. The van der Waals surface area contributed by atoms with Crippen LogP contribution in [0.3, 0.4) is 0 Å². The van der Waals surface area contributed by atoms with Crippen molar-refractivity contribution in [1.82, 2.24) is 10.2 Å². The Morgan fingerprint density at radius 1 is 1.44 bits per heavy atom. The molecule has 0 saturated heterocycles. The zero-order valence-corrected chi connectivity index (χ0v) is 9.60. The SMILES string of the molecule is CNC(=O)N(C)C=Nc1ccc(OC)cc1. The predicted octanol–water partition coefficient (Wildman–Crippen LogP) is 1.63. The van der Waals surface area contributed by atoms with Crippen molar-refractivity contribution in [2.75, 3.05) is 21.2 Å². The number of carbonyl (C=O) groups excluding carboxylic acids is 1. The molecule has 1 N–H and O–H groups in total. The Balaban J connectivity index is 2.65. The zero-order valence-electron chi connectivity index (χ0n) is 9.60. The van der Waals surface area contributed by atoms with E-state index in [1.807, 2.05) is 24.3 Å².